The maximum atomic E-state index is 11.6. The van der Waals surface area contributed by atoms with Crippen LogP contribution in [0.5, 0.6) is 0 Å². The number of esters is 1. The first kappa shape index (κ1) is 45.8. The van der Waals surface area contributed by atoms with Crippen molar-refractivity contribution in [2.24, 2.45) is 0 Å². The number of nitrogens with zero attached hydrogens (tertiary/aromatic N) is 2. The Labute approximate surface area is 295 Å². The number of unbranched alkanes of at least 4 members (excludes halogenated alkanes) is 18. The van der Waals surface area contributed by atoms with Crippen molar-refractivity contribution in [2.75, 3.05) is 52.9 Å². The largest absolute Gasteiger partial charge is 1.00 e. The molecule has 0 radical (unpaired) electrons. The van der Waals surface area contributed by atoms with Crippen LogP contribution in [-0.2, 0) is 41.6 Å². The highest BCUT2D eigenvalue weighted by atomic mass is 35.5. The van der Waals surface area contributed by atoms with Crippen LogP contribution in [0.25, 0.3) is 0 Å². The molecule has 0 N–H and O–H groups in total. The summed E-state index contributed by atoms with van der Waals surface area (Å²) in [6.45, 7) is 12.0. The van der Waals surface area contributed by atoms with Crippen molar-refractivity contribution >= 4 is 5.97 Å². The summed E-state index contributed by atoms with van der Waals surface area (Å²) in [5, 5.41) is 0. The molecular formula is C38H73ClN2O6. The summed E-state index contributed by atoms with van der Waals surface area (Å²) >= 11 is 0. The summed E-state index contributed by atoms with van der Waals surface area (Å²) in [7, 11) is 0. The van der Waals surface area contributed by atoms with Crippen LogP contribution in [0.4, 0.5) is 0 Å². The van der Waals surface area contributed by atoms with Crippen LogP contribution in [0.3, 0.4) is 0 Å². The minimum absolute atomic E-state index is 0. The van der Waals surface area contributed by atoms with E-state index in [1.165, 1.54) is 116 Å². The molecular weight excluding hydrogens is 616 g/mol. The molecule has 1 heterocycles. The van der Waals surface area contributed by atoms with Gasteiger partial charge in [0.2, 0.25) is 6.33 Å². The number of ether oxygens (including phenoxy) is 5. The van der Waals surface area contributed by atoms with Crippen molar-refractivity contribution < 1.29 is 45.5 Å². The molecule has 0 aliphatic rings. The van der Waals surface area contributed by atoms with Crippen molar-refractivity contribution in [1.29, 1.82) is 0 Å². The first-order valence-corrected chi connectivity index (χ1v) is 19.2. The van der Waals surface area contributed by atoms with Gasteiger partial charge in [0.05, 0.1) is 39.6 Å². The second kappa shape index (κ2) is 36.1. The van der Waals surface area contributed by atoms with Gasteiger partial charge in [0.25, 0.3) is 0 Å². The zero-order chi connectivity index (χ0) is 33.2. The topological polar surface area (TPSA) is 72.0 Å². The van der Waals surface area contributed by atoms with E-state index in [0.29, 0.717) is 46.2 Å². The summed E-state index contributed by atoms with van der Waals surface area (Å²) in [6, 6.07) is 0. The third kappa shape index (κ3) is 30.6. The maximum absolute atomic E-state index is 11.6. The van der Waals surface area contributed by atoms with E-state index in [-0.39, 0.29) is 31.0 Å². The lowest BCUT2D eigenvalue weighted by Crippen LogP contribution is -3.00. The zero-order valence-electron chi connectivity index (χ0n) is 30.7. The van der Waals surface area contributed by atoms with Gasteiger partial charge in [-0.25, -0.2) is 13.9 Å². The molecule has 0 spiro atoms. The van der Waals surface area contributed by atoms with Crippen LogP contribution in [0.1, 0.15) is 149 Å². The van der Waals surface area contributed by atoms with Crippen molar-refractivity contribution in [3.8, 4) is 0 Å². The Kier molecular flexibility index (Phi) is 35.2. The molecule has 1 aromatic heterocycles. The first-order chi connectivity index (χ1) is 22.7. The molecule has 0 fully saturated rings. The van der Waals surface area contributed by atoms with E-state index in [1.54, 1.807) is 0 Å². The van der Waals surface area contributed by atoms with Gasteiger partial charge in [-0.05, 0) is 19.8 Å². The molecule has 278 valence electrons. The molecule has 1 atom stereocenters. The highest BCUT2D eigenvalue weighted by Crippen LogP contribution is 2.14. The Hall–Kier alpha value is -1.19. The van der Waals surface area contributed by atoms with Crippen LogP contribution < -0.4 is 17.0 Å². The standard InChI is InChI=1S/C38H73N2O6.ClH/c1-4-7-9-11-12-13-14-15-16-17-18-19-20-21-22-23-28-43-34-37(46-29-24-10-8-5-2)35-44-32-31-42-30-27-39-25-26-40(36-39)33-38(41)45-6-3;/h25-26,36-37H,4-24,27-35H2,1-3H3;1H/q+1;/p-1. The van der Waals surface area contributed by atoms with Crippen LogP contribution in [0.15, 0.2) is 18.7 Å². The van der Waals surface area contributed by atoms with Gasteiger partial charge in [-0.15, -0.1) is 0 Å². The Bertz CT molecular complexity index is 781. The van der Waals surface area contributed by atoms with E-state index in [2.05, 4.69) is 13.8 Å². The van der Waals surface area contributed by atoms with Gasteiger partial charge in [0.15, 0.2) is 6.54 Å². The number of aromatic nitrogens is 2. The molecule has 0 aliphatic heterocycles. The fourth-order valence-electron chi connectivity index (χ4n) is 5.52. The van der Waals surface area contributed by atoms with Crippen molar-refractivity contribution in [3.05, 3.63) is 18.7 Å². The van der Waals surface area contributed by atoms with Crippen LogP contribution in [0.2, 0.25) is 0 Å². The summed E-state index contributed by atoms with van der Waals surface area (Å²) in [5.41, 5.74) is 0. The molecule has 1 unspecified atom stereocenters. The van der Waals surface area contributed by atoms with Gasteiger partial charge >= 0.3 is 5.97 Å². The second-order valence-electron chi connectivity index (χ2n) is 12.7. The number of rotatable bonds is 36. The molecule has 0 bridgehead atoms. The molecule has 0 aromatic carbocycles. The number of imidazole rings is 1. The molecule has 0 saturated heterocycles. The van der Waals surface area contributed by atoms with Gasteiger partial charge in [-0.2, -0.15) is 0 Å². The lowest BCUT2D eigenvalue weighted by molar-refractivity contribution is -0.685. The van der Waals surface area contributed by atoms with Crippen LogP contribution in [-0.4, -0.2) is 69.5 Å². The third-order valence-electron chi connectivity index (χ3n) is 8.33. The Balaban J connectivity index is 0.0000212. The van der Waals surface area contributed by atoms with E-state index in [1.807, 2.05) is 34.8 Å². The Morgan fingerprint density at radius 1 is 0.617 bits per heavy atom. The Morgan fingerprint density at radius 3 is 1.68 bits per heavy atom. The number of carbonyl (C=O) groups excluding carboxylic acids is 1. The molecule has 1 aromatic rings. The van der Waals surface area contributed by atoms with E-state index in [4.69, 9.17) is 23.7 Å². The summed E-state index contributed by atoms with van der Waals surface area (Å²) in [5.74, 6) is -0.229. The fraction of sp³-hybridized carbons (Fsp3) is 0.895. The smallest absolute Gasteiger partial charge is 0.348 e. The van der Waals surface area contributed by atoms with Gasteiger partial charge in [-0.1, -0.05) is 129 Å². The Morgan fingerprint density at radius 2 is 1.11 bits per heavy atom. The predicted molar refractivity (Wildman–Crippen MR) is 187 cm³/mol. The van der Waals surface area contributed by atoms with Crippen molar-refractivity contribution in [1.82, 2.24) is 4.57 Å². The van der Waals surface area contributed by atoms with Gasteiger partial charge < -0.3 is 36.1 Å². The molecule has 0 amide bonds. The maximum Gasteiger partial charge on any atom is 0.348 e. The van der Waals surface area contributed by atoms with Gasteiger partial charge in [0, 0.05) is 13.2 Å². The highest BCUT2D eigenvalue weighted by molar-refractivity contribution is 5.67. The summed E-state index contributed by atoms with van der Waals surface area (Å²) < 4.78 is 32.6. The predicted octanol–water partition coefficient (Wildman–Crippen LogP) is 5.62. The second-order valence-corrected chi connectivity index (χ2v) is 12.7. The minimum Gasteiger partial charge on any atom is -1.00 e. The normalized spacial score (nSPS) is 11.9. The number of carbonyl (C=O) groups is 1. The molecule has 47 heavy (non-hydrogen) atoms. The highest BCUT2D eigenvalue weighted by Gasteiger charge is 2.11. The minimum atomic E-state index is -0.229. The number of halogens is 1. The molecule has 0 saturated carbocycles. The molecule has 1 rings (SSSR count). The molecule has 9 heteroatoms. The fourth-order valence-corrected chi connectivity index (χ4v) is 5.52. The third-order valence-corrected chi connectivity index (χ3v) is 8.33. The molecule has 8 nitrogen and oxygen atoms in total. The summed E-state index contributed by atoms with van der Waals surface area (Å²) in [4.78, 5) is 11.6. The van der Waals surface area contributed by atoms with E-state index in [9.17, 15) is 4.79 Å². The van der Waals surface area contributed by atoms with Gasteiger partial charge in [0.1, 0.15) is 25.0 Å². The van der Waals surface area contributed by atoms with Gasteiger partial charge in [-0.3, -0.25) is 0 Å². The van der Waals surface area contributed by atoms with E-state index in [0.717, 1.165) is 26.1 Å². The zero-order valence-corrected chi connectivity index (χ0v) is 31.5. The van der Waals surface area contributed by atoms with Crippen LogP contribution in [0, 0.1) is 0 Å². The number of hydrogen-bond acceptors (Lipinski definition) is 6. The SMILES string of the molecule is CCCCCCCCCCCCCCCCCCOCC(COCCOCCn1cc[n+](CC(=O)OCC)c1)OCCCCCC.[Cl-]. The summed E-state index contributed by atoms with van der Waals surface area (Å²) in [6.07, 6.45) is 32.5. The van der Waals surface area contributed by atoms with Crippen LogP contribution >= 0.6 is 0 Å². The van der Waals surface area contributed by atoms with E-state index < -0.39 is 0 Å². The lowest BCUT2D eigenvalue weighted by Gasteiger charge is -2.18. The van der Waals surface area contributed by atoms with E-state index >= 15 is 0 Å². The first-order valence-electron chi connectivity index (χ1n) is 19.2. The molecule has 0 aliphatic carbocycles. The van der Waals surface area contributed by atoms with Crippen molar-refractivity contribution in [3.63, 3.8) is 0 Å². The number of hydrogen-bond donors (Lipinski definition) is 0. The average Bonchev–Trinajstić information content (AvgIpc) is 3.50. The lowest BCUT2D eigenvalue weighted by atomic mass is 10.0. The monoisotopic (exact) mass is 689 g/mol. The quantitative estimate of drug-likeness (QED) is 0.0518. The average molecular weight is 689 g/mol. The van der Waals surface area contributed by atoms with Crippen molar-refractivity contribution in [2.45, 2.75) is 168 Å².